The van der Waals surface area contributed by atoms with E-state index in [1.54, 1.807) is 12.1 Å². The molecule has 0 saturated carbocycles. The molecule has 8 heteroatoms. The summed E-state index contributed by atoms with van der Waals surface area (Å²) in [5.74, 6) is 0.743. The van der Waals surface area contributed by atoms with Crippen LogP contribution in [0.25, 0.3) is 0 Å². The summed E-state index contributed by atoms with van der Waals surface area (Å²) in [7, 11) is 0. The van der Waals surface area contributed by atoms with E-state index in [1.807, 2.05) is 24.3 Å². The number of carbonyl (C=O) groups is 3. The van der Waals surface area contributed by atoms with Crippen molar-refractivity contribution in [1.82, 2.24) is 20.4 Å². The molecule has 0 radical (unpaired) electrons. The van der Waals surface area contributed by atoms with Gasteiger partial charge in [-0.1, -0.05) is 38.1 Å². The van der Waals surface area contributed by atoms with Crippen molar-refractivity contribution in [1.29, 1.82) is 0 Å². The highest BCUT2D eigenvalue weighted by Crippen LogP contribution is 2.36. The van der Waals surface area contributed by atoms with Gasteiger partial charge >= 0.3 is 0 Å². The average molecular weight is 539 g/mol. The van der Waals surface area contributed by atoms with Crippen molar-refractivity contribution >= 4 is 17.7 Å². The summed E-state index contributed by atoms with van der Waals surface area (Å²) in [5, 5.41) is 6.24. The molecule has 2 saturated heterocycles. The molecule has 1 aromatic rings. The van der Waals surface area contributed by atoms with Crippen LogP contribution in [0, 0.1) is 11.3 Å². The number of ether oxygens (including phenoxy) is 1. The van der Waals surface area contributed by atoms with Crippen molar-refractivity contribution in [3.8, 4) is 5.75 Å². The summed E-state index contributed by atoms with van der Waals surface area (Å²) >= 11 is 0. The molecule has 39 heavy (non-hydrogen) atoms. The highest BCUT2D eigenvalue weighted by Gasteiger charge is 2.42. The summed E-state index contributed by atoms with van der Waals surface area (Å²) in [6.45, 7) is 10.9. The van der Waals surface area contributed by atoms with Gasteiger partial charge in [0.25, 0.3) is 5.91 Å². The summed E-state index contributed by atoms with van der Waals surface area (Å²) in [5.41, 5.74) is -0.0653. The Morgan fingerprint density at radius 2 is 1.77 bits per heavy atom. The number of carbonyl (C=O) groups excluding carboxylic acids is 3. The second-order valence-electron chi connectivity index (χ2n) is 12.0. The number of hydrogen-bond donors (Lipinski definition) is 2. The lowest BCUT2D eigenvalue weighted by Gasteiger charge is -2.43. The third kappa shape index (κ3) is 7.02. The maximum Gasteiger partial charge on any atom is 0.255 e. The molecule has 3 amide bonds. The SMILES string of the molecule is CC(C)[C@@H]1COc2ccccc2C(=O)NC/C=C/CC2(CCN(CC(=O)N3C(C)CCCC3C)CC2)C(=O)N1. The molecule has 3 atom stereocenters. The number of amides is 3. The molecule has 2 unspecified atom stereocenters. The van der Waals surface area contributed by atoms with Crippen LogP contribution in [0.4, 0.5) is 0 Å². The van der Waals surface area contributed by atoms with Gasteiger partial charge in [0.2, 0.25) is 11.8 Å². The lowest BCUT2D eigenvalue weighted by Crippen LogP contribution is -2.55. The van der Waals surface area contributed by atoms with Gasteiger partial charge in [-0.05, 0) is 83.5 Å². The van der Waals surface area contributed by atoms with Gasteiger partial charge in [-0.15, -0.1) is 0 Å². The van der Waals surface area contributed by atoms with E-state index in [0.717, 1.165) is 12.8 Å². The predicted octanol–water partition coefficient (Wildman–Crippen LogP) is 3.77. The maximum atomic E-state index is 13.9. The van der Waals surface area contributed by atoms with Crippen molar-refractivity contribution in [2.24, 2.45) is 11.3 Å². The van der Waals surface area contributed by atoms with Crippen LogP contribution < -0.4 is 15.4 Å². The van der Waals surface area contributed by atoms with E-state index in [9.17, 15) is 14.4 Å². The Hall–Kier alpha value is -2.87. The molecule has 3 aliphatic rings. The molecule has 3 heterocycles. The first kappa shape index (κ1) is 29.1. The molecule has 4 rings (SSSR count). The molecule has 1 aromatic carbocycles. The summed E-state index contributed by atoms with van der Waals surface area (Å²) in [6, 6.07) is 7.59. The van der Waals surface area contributed by atoms with Crippen LogP contribution in [0.15, 0.2) is 36.4 Å². The summed E-state index contributed by atoms with van der Waals surface area (Å²) < 4.78 is 6.09. The number of hydrogen-bond acceptors (Lipinski definition) is 5. The number of nitrogens with one attached hydrogen (secondary N) is 2. The first-order chi connectivity index (χ1) is 18.7. The number of likely N-dealkylation sites (tertiary alicyclic amines) is 2. The first-order valence-electron chi connectivity index (χ1n) is 14.7. The van der Waals surface area contributed by atoms with Crippen molar-refractivity contribution < 1.29 is 19.1 Å². The second kappa shape index (κ2) is 13.0. The zero-order chi connectivity index (χ0) is 28.0. The fourth-order valence-corrected chi connectivity index (χ4v) is 6.17. The molecule has 8 nitrogen and oxygen atoms in total. The van der Waals surface area contributed by atoms with Gasteiger partial charge in [-0.3, -0.25) is 19.3 Å². The van der Waals surface area contributed by atoms with Gasteiger partial charge in [0.05, 0.1) is 23.6 Å². The molecule has 0 aromatic heterocycles. The highest BCUT2D eigenvalue weighted by molar-refractivity contribution is 5.97. The highest BCUT2D eigenvalue weighted by atomic mass is 16.5. The molecule has 0 aliphatic carbocycles. The van der Waals surface area contributed by atoms with E-state index in [2.05, 4.69) is 48.1 Å². The van der Waals surface area contributed by atoms with Crippen LogP contribution in [0.3, 0.4) is 0 Å². The number of allylic oxidation sites excluding steroid dienone is 1. The van der Waals surface area contributed by atoms with Crippen LogP contribution in [-0.2, 0) is 9.59 Å². The van der Waals surface area contributed by atoms with Crippen LogP contribution in [0.5, 0.6) is 5.75 Å². The number of nitrogens with zero attached hydrogens (tertiary/aromatic N) is 2. The third-order valence-electron chi connectivity index (χ3n) is 8.86. The van der Waals surface area contributed by atoms with E-state index in [0.29, 0.717) is 56.8 Å². The zero-order valence-electron chi connectivity index (χ0n) is 24.1. The third-order valence-corrected chi connectivity index (χ3v) is 8.86. The standard InChI is InChI=1S/C31H46N4O4/c1-22(2)26-21-39-27-13-6-5-12-25(27)29(37)32-17-8-7-14-31(30(38)33-26)15-18-34(19-16-31)20-28(36)35-23(3)10-9-11-24(35)4/h5-8,12-13,22-24,26H,9-11,14-21H2,1-4H3,(H,32,37)(H,33,38)/b8-7+/t23?,24?,26-/m0/s1. The number of rotatable bonds is 3. The monoisotopic (exact) mass is 538 g/mol. The lowest BCUT2D eigenvalue weighted by molar-refractivity contribution is -0.140. The summed E-state index contributed by atoms with van der Waals surface area (Å²) in [4.78, 5) is 44.2. The van der Waals surface area contributed by atoms with Gasteiger partial charge in [0, 0.05) is 18.6 Å². The predicted molar refractivity (Wildman–Crippen MR) is 153 cm³/mol. The average Bonchev–Trinajstić information content (AvgIpc) is 2.91. The zero-order valence-corrected chi connectivity index (χ0v) is 24.1. The van der Waals surface area contributed by atoms with Gasteiger partial charge in [0.1, 0.15) is 12.4 Å². The molecule has 214 valence electrons. The smallest absolute Gasteiger partial charge is 0.255 e. The normalized spacial score (nSPS) is 27.6. The number of piperidine rings is 2. The Bertz CT molecular complexity index is 1040. The quantitative estimate of drug-likeness (QED) is 0.572. The van der Waals surface area contributed by atoms with Crippen LogP contribution in [0.2, 0.25) is 0 Å². The van der Waals surface area contributed by atoms with Crippen molar-refractivity contribution in [3.05, 3.63) is 42.0 Å². The van der Waals surface area contributed by atoms with Gasteiger partial charge in [-0.25, -0.2) is 0 Å². The number of benzene rings is 1. The fourth-order valence-electron chi connectivity index (χ4n) is 6.17. The van der Waals surface area contributed by atoms with Crippen LogP contribution in [0.1, 0.15) is 76.6 Å². The van der Waals surface area contributed by atoms with Gasteiger partial charge in [-0.2, -0.15) is 0 Å². The minimum absolute atomic E-state index is 0.0491. The Balaban J connectivity index is 1.46. The molecule has 2 N–H and O–H groups in total. The molecule has 3 aliphatic heterocycles. The number of fused-ring (bicyclic) bond motifs is 1. The molecular formula is C31H46N4O4. The van der Waals surface area contributed by atoms with Gasteiger partial charge < -0.3 is 20.3 Å². The minimum Gasteiger partial charge on any atom is -0.491 e. The van der Waals surface area contributed by atoms with Crippen molar-refractivity contribution in [2.45, 2.75) is 84.3 Å². The topological polar surface area (TPSA) is 91.0 Å². The summed E-state index contributed by atoms with van der Waals surface area (Å²) in [6.07, 6.45) is 9.23. The Morgan fingerprint density at radius 3 is 2.46 bits per heavy atom. The molecule has 2 fully saturated rings. The molecule has 1 spiro atoms. The van der Waals surface area contributed by atoms with Gasteiger partial charge in [0.15, 0.2) is 0 Å². The van der Waals surface area contributed by atoms with E-state index in [4.69, 9.17) is 4.74 Å². The van der Waals surface area contributed by atoms with Crippen LogP contribution in [-0.4, -0.2) is 78.4 Å². The second-order valence-corrected chi connectivity index (χ2v) is 12.0. The van der Waals surface area contributed by atoms with E-state index >= 15 is 0 Å². The largest absolute Gasteiger partial charge is 0.491 e. The Labute approximate surface area is 233 Å². The van der Waals surface area contributed by atoms with Crippen molar-refractivity contribution in [2.75, 3.05) is 32.8 Å². The Kier molecular flexibility index (Phi) is 9.70. The van der Waals surface area contributed by atoms with Crippen molar-refractivity contribution in [3.63, 3.8) is 0 Å². The maximum absolute atomic E-state index is 13.9. The van der Waals surface area contributed by atoms with E-state index in [-0.39, 0.29) is 48.4 Å². The minimum atomic E-state index is -0.555. The van der Waals surface area contributed by atoms with E-state index < -0.39 is 5.41 Å². The van der Waals surface area contributed by atoms with Crippen LogP contribution >= 0.6 is 0 Å². The lowest BCUT2D eigenvalue weighted by atomic mass is 9.74. The molecule has 0 bridgehead atoms. The molecular weight excluding hydrogens is 492 g/mol. The van der Waals surface area contributed by atoms with E-state index in [1.165, 1.54) is 6.42 Å². The Morgan fingerprint density at radius 1 is 1.08 bits per heavy atom. The number of para-hydroxylation sites is 1. The first-order valence-corrected chi connectivity index (χ1v) is 14.7. The fraction of sp³-hybridized carbons (Fsp3) is 0.645.